The molecule has 2 bridgehead atoms. The van der Waals surface area contributed by atoms with Gasteiger partial charge in [0.05, 0.1) is 12.1 Å². The number of hydrogen-bond donors (Lipinski definition) is 2. The van der Waals surface area contributed by atoms with Crippen LogP contribution in [0.25, 0.3) is 10.9 Å². The fourth-order valence-corrected chi connectivity index (χ4v) is 3.75. The zero-order chi connectivity index (χ0) is 14.4. The molecule has 0 aliphatic carbocycles. The van der Waals surface area contributed by atoms with E-state index < -0.39 is 0 Å². The Labute approximate surface area is 122 Å². The molecule has 1 amide bonds. The Balaban J connectivity index is 1.52. The maximum absolute atomic E-state index is 12.4. The molecule has 0 spiro atoms. The number of carbonyl (C=O) groups is 1. The maximum atomic E-state index is 12.4. The molecule has 1 aromatic carbocycles. The van der Waals surface area contributed by atoms with Gasteiger partial charge in [-0.1, -0.05) is 0 Å². The molecule has 2 N–H and O–H groups in total. The Bertz CT molecular complexity index is 744. The van der Waals surface area contributed by atoms with Gasteiger partial charge in [-0.2, -0.15) is 5.26 Å². The highest BCUT2D eigenvalue weighted by Crippen LogP contribution is 2.37. The lowest BCUT2D eigenvalue weighted by atomic mass is 9.95. The molecule has 2 aromatic rings. The van der Waals surface area contributed by atoms with Gasteiger partial charge in [0, 0.05) is 28.7 Å². The summed E-state index contributed by atoms with van der Waals surface area (Å²) in [5.74, 6) is -0.0476. The van der Waals surface area contributed by atoms with Crippen molar-refractivity contribution in [3.8, 4) is 6.19 Å². The number of rotatable bonds is 2. The van der Waals surface area contributed by atoms with Crippen LogP contribution in [0.3, 0.4) is 0 Å². The van der Waals surface area contributed by atoms with Gasteiger partial charge in [0.15, 0.2) is 6.19 Å². The minimum Gasteiger partial charge on any atom is -0.361 e. The van der Waals surface area contributed by atoms with Crippen molar-refractivity contribution in [2.45, 2.75) is 37.4 Å². The fourth-order valence-electron chi connectivity index (χ4n) is 3.75. The van der Waals surface area contributed by atoms with Gasteiger partial charge in [-0.25, -0.2) is 0 Å². The highest BCUT2D eigenvalue weighted by Gasteiger charge is 2.46. The summed E-state index contributed by atoms with van der Waals surface area (Å²) in [6.45, 7) is 0. The molecule has 2 fully saturated rings. The monoisotopic (exact) mass is 280 g/mol. The van der Waals surface area contributed by atoms with Crippen molar-refractivity contribution in [1.82, 2.24) is 15.2 Å². The number of H-pyrrole nitrogens is 1. The second kappa shape index (κ2) is 4.52. The molecule has 0 saturated carbocycles. The Morgan fingerprint density at radius 3 is 3.10 bits per heavy atom. The van der Waals surface area contributed by atoms with Crippen molar-refractivity contribution < 1.29 is 4.79 Å². The summed E-state index contributed by atoms with van der Waals surface area (Å²) in [6.07, 6.45) is 7.09. The molecule has 5 heteroatoms. The average Bonchev–Trinajstić information content (AvgIpc) is 3.19. The lowest BCUT2D eigenvalue weighted by molar-refractivity contribution is 0.0928. The van der Waals surface area contributed by atoms with Crippen LogP contribution in [0.15, 0.2) is 30.5 Å². The Hall–Kier alpha value is -2.48. The lowest BCUT2D eigenvalue weighted by Crippen LogP contribution is -2.43. The lowest BCUT2D eigenvalue weighted by Gasteiger charge is -2.21. The van der Waals surface area contributed by atoms with Crippen molar-refractivity contribution in [3.63, 3.8) is 0 Å². The molecule has 21 heavy (non-hydrogen) atoms. The smallest absolute Gasteiger partial charge is 0.251 e. The molecule has 3 heterocycles. The maximum Gasteiger partial charge on any atom is 0.251 e. The van der Waals surface area contributed by atoms with Crippen molar-refractivity contribution in [2.75, 3.05) is 0 Å². The Morgan fingerprint density at radius 1 is 1.38 bits per heavy atom. The molecule has 106 valence electrons. The van der Waals surface area contributed by atoms with Crippen molar-refractivity contribution in [3.05, 3.63) is 36.0 Å². The van der Waals surface area contributed by atoms with E-state index in [1.54, 1.807) is 0 Å². The third kappa shape index (κ3) is 1.87. The van der Waals surface area contributed by atoms with Crippen molar-refractivity contribution in [2.24, 2.45) is 0 Å². The summed E-state index contributed by atoms with van der Waals surface area (Å²) in [4.78, 5) is 17.4. The topological polar surface area (TPSA) is 71.9 Å². The van der Waals surface area contributed by atoms with Crippen LogP contribution in [0.2, 0.25) is 0 Å². The van der Waals surface area contributed by atoms with E-state index in [0.717, 1.165) is 30.2 Å². The first-order valence-corrected chi connectivity index (χ1v) is 7.32. The molecule has 1 aromatic heterocycles. The summed E-state index contributed by atoms with van der Waals surface area (Å²) in [5.41, 5.74) is 1.70. The summed E-state index contributed by atoms with van der Waals surface area (Å²) in [5, 5.41) is 13.3. The van der Waals surface area contributed by atoms with Crippen molar-refractivity contribution >= 4 is 16.8 Å². The highest BCUT2D eigenvalue weighted by molar-refractivity contribution is 5.98. The number of hydrogen-bond acceptors (Lipinski definition) is 3. The van der Waals surface area contributed by atoms with E-state index in [1.165, 1.54) is 0 Å². The zero-order valence-electron chi connectivity index (χ0n) is 11.5. The highest BCUT2D eigenvalue weighted by atomic mass is 16.1. The number of amides is 1. The second-order valence-electron chi connectivity index (χ2n) is 5.90. The van der Waals surface area contributed by atoms with E-state index in [9.17, 15) is 10.1 Å². The van der Waals surface area contributed by atoms with Gasteiger partial charge in [-0.05, 0) is 43.5 Å². The summed E-state index contributed by atoms with van der Waals surface area (Å²) < 4.78 is 0. The number of aromatic nitrogens is 1. The number of nitrogens with one attached hydrogen (secondary N) is 2. The Morgan fingerprint density at radius 2 is 2.29 bits per heavy atom. The van der Waals surface area contributed by atoms with E-state index in [1.807, 2.05) is 35.4 Å². The van der Waals surface area contributed by atoms with Crippen LogP contribution in [0.1, 0.15) is 29.6 Å². The number of aromatic amines is 1. The van der Waals surface area contributed by atoms with Crippen LogP contribution in [0.4, 0.5) is 0 Å². The van der Waals surface area contributed by atoms with E-state index in [2.05, 4.69) is 16.5 Å². The van der Waals surface area contributed by atoms with Gasteiger partial charge in [-0.15, -0.1) is 0 Å². The fraction of sp³-hybridized carbons (Fsp3) is 0.375. The SMILES string of the molecule is N#CN1[C@@H]2CC[C@H]1[C@@H](NC(=O)c1ccc3[nH]ccc3c1)C2. The molecule has 0 unspecified atom stereocenters. The van der Waals surface area contributed by atoms with Crippen LogP contribution in [0.5, 0.6) is 0 Å². The van der Waals surface area contributed by atoms with Gasteiger partial charge in [0.1, 0.15) is 0 Å². The predicted molar refractivity (Wildman–Crippen MR) is 78.4 cm³/mol. The van der Waals surface area contributed by atoms with Gasteiger partial charge in [-0.3, -0.25) is 4.79 Å². The van der Waals surface area contributed by atoms with E-state index in [-0.39, 0.29) is 18.0 Å². The number of nitrogens with zero attached hydrogens (tertiary/aromatic N) is 2. The zero-order valence-corrected chi connectivity index (χ0v) is 11.5. The molecule has 5 nitrogen and oxygen atoms in total. The quantitative estimate of drug-likeness (QED) is 0.826. The number of benzene rings is 1. The molecular formula is C16H16N4O. The first-order valence-electron chi connectivity index (χ1n) is 7.32. The van der Waals surface area contributed by atoms with Crippen LogP contribution in [-0.4, -0.2) is 33.9 Å². The van der Waals surface area contributed by atoms with Crippen LogP contribution in [0, 0.1) is 11.5 Å². The van der Waals surface area contributed by atoms with Gasteiger partial charge in [0.25, 0.3) is 5.91 Å². The minimum absolute atomic E-state index is 0.0476. The Kier molecular flexibility index (Phi) is 2.64. The average molecular weight is 280 g/mol. The number of nitriles is 1. The number of carbonyl (C=O) groups excluding carboxylic acids is 1. The predicted octanol–water partition coefficient (Wildman–Crippen LogP) is 1.98. The molecule has 0 radical (unpaired) electrons. The van der Waals surface area contributed by atoms with E-state index >= 15 is 0 Å². The van der Waals surface area contributed by atoms with Crippen LogP contribution < -0.4 is 5.32 Å². The largest absolute Gasteiger partial charge is 0.361 e. The molecular weight excluding hydrogens is 264 g/mol. The van der Waals surface area contributed by atoms with E-state index in [0.29, 0.717) is 11.6 Å². The molecule has 2 aliphatic rings. The second-order valence-corrected chi connectivity index (χ2v) is 5.90. The van der Waals surface area contributed by atoms with Crippen LogP contribution >= 0.6 is 0 Å². The third-order valence-corrected chi connectivity index (χ3v) is 4.78. The molecule has 4 rings (SSSR count). The normalized spacial score (nSPS) is 27.0. The standard InChI is InChI=1S/C16H16N4O/c17-9-20-12-2-4-15(20)14(8-12)19-16(21)11-1-3-13-10(7-11)5-6-18-13/h1,3,5-7,12,14-15,18H,2,4,8H2,(H,19,21)/t12-,14+,15+/m1/s1. The van der Waals surface area contributed by atoms with Crippen LogP contribution in [-0.2, 0) is 0 Å². The summed E-state index contributed by atoms with van der Waals surface area (Å²) in [6, 6.07) is 8.21. The summed E-state index contributed by atoms with van der Waals surface area (Å²) >= 11 is 0. The minimum atomic E-state index is -0.0476. The summed E-state index contributed by atoms with van der Waals surface area (Å²) in [7, 11) is 0. The van der Waals surface area contributed by atoms with E-state index in [4.69, 9.17) is 0 Å². The number of fused-ring (bicyclic) bond motifs is 3. The third-order valence-electron chi connectivity index (χ3n) is 4.78. The molecule has 2 aliphatic heterocycles. The first kappa shape index (κ1) is 12.3. The van der Waals surface area contributed by atoms with Crippen molar-refractivity contribution in [1.29, 1.82) is 5.26 Å². The van der Waals surface area contributed by atoms with Gasteiger partial charge >= 0.3 is 0 Å². The first-order chi connectivity index (χ1) is 10.3. The van der Waals surface area contributed by atoms with Gasteiger partial charge in [0.2, 0.25) is 0 Å². The molecule has 3 atom stereocenters. The van der Waals surface area contributed by atoms with Gasteiger partial charge < -0.3 is 15.2 Å². The molecule has 2 saturated heterocycles.